The molecule has 0 saturated carbocycles. The molecule has 164 valence electrons. The van der Waals surface area contributed by atoms with Crippen molar-refractivity contribution < 1.29 is 24.2 Å². The topological polar surface area (TPSA) is 72.8 Å². The predicted octanol–water partition coefficient (Wildman–Crippen LogP) is 4.73. The number of aliphatic hydroxyl groups is 1. The Morgan fingerprint density at radius 2 is 1.83 bits per heavy atom. The Hall–Kier alpha value is -1.62. The van der Waals surface area contributed by atoms with Gasteiger partial charge in [-0.3, -0.25) is 9.59 Å². The Morgan fingerprint density at radius 3 is 2.34 bits per heavy atom. The molecule has 0 spiro atoms. The molecule has 0 bridgehead atoms. The Kier molecular flexibility index (Phi) is 6.73. The quantitative estimate of drug-likeness (QED) is 0.510. The highest BCUT2D eigenvalue weighted by Crippen LogP contribution is 2.58. The normalized spacial score (nSPS) is 33.3. The second-order valence-corrected chi connectivity index (χ2v) is 10.0. The number of ether oxygens (including phenoxy) is 2. The van der Waals surface area contributed by atoms with Crippen LogP contribution in [0, 0.1) is 16.7 Å². The molecule has 0 aromatic carbocycles. The summed E-state index contributed by atoms with van der Waals surface area (Å²) in [5.41, 5.74) is 1.00. The van der Waals surface area contributed by atoms with E-state index in [9.17, 15) is 14.7 Å². The summed E-state index contributed by atoms with van der Waals surface area (Å²) in [5.74, 6) is -0.813. The summed E-state index contributed by atoms with van der Waals surface area (Å²) in [5, 5.41) is 10.5. The van der Waals surface area contributed by atoms with Gasteiger partial charge in [-0.1, -0.05) is 39.3 Å². The first-order valence-corrected chi connectivity index (χ1v) is 10.7. The number of carbonyl (C=O) groups is 2. The van der Waals surface area contributed by atoms with Gasteiger partial charge in [-0.15, -0.1) is 6.58 Å². The maximum absolute atomic E-state index is 12.0. The lowest BCUT2D eigenvalue weighted by molar-refractivity contribution is -0.174. The third kappa shape index (κ3) is 4.76. The molecule has 2 rings (SSSR count). The van der Waals surface area contributed by atoms with Gasteiger partial charge >= 0.3 is 11.9 Å². The van der Waals surface area contributed by atoms with E-state index in [1.165, 1.54) is 19.4 Å². The molecular formula is C24H38O5. The SMILES string of the molecule is C=CC(C)(O)CCC1(C)C2=C(C(OC(C)=O)C(OC(C)=O)C1C)C(C)(C)CCC2. The van der Waals surface area contributed by atoms with Crippen LogP contribution in [0.25, 0.3) is 0 Å². The average Bonchev–Trinajstić information content (AvgIpc) is 2.60. The molecule has 2 aliphatic carbocycles. The van der Waals surface area contributed by atoms with E-state index in [1.807, 2.05) is 0 Å². The van der Waals surface area contributed by atoms with Crippen molar-refractivity contribution in [3.63, 3.8) is 0 Å². The number of hydrogen-bond donors (Lipinski definition) is 1. The Labute approximate surface area is 175 Å². The smallest absolute Gasteiger partial charge is 0.303 e. The summed E-state index contributed by atoms with van der Waals surface area (Å²) in [6.45, 7) is 16.9. The van der Waals surface area contributed by atoms with Gasteiger partial charge < -0.3 is 14.6 Å². The lowest BCUT2D eigenvalue weighted by Crippen LogP contribution is -2.55. The molecule has 5 nitrogen and oxygen atoms in total. The maximum Gasteiger partial charge on any atom is 0.303 e. The van der Waals surface area contributed by atoms with Gasteiger partial charge in [-0.2, -0.15) is 0 Å². The molecule has 0 amide bonds. The van der Waals surface area contributed by atoms with Crippen LogP contribution in [0.3, 0.4) is 0 Å². The highest BCUT2D eigenvalue weighted by atomic mass is 16.6. The zero-order valence-corrected chi connectivity index (χ0v) is 19.1. The first kappa shape index (κ1) is 23.7. The molecule has 0 aromatic rings. The van der Waals surface area contributed by atoms with Crippen molar-refractivity contribution in [2.24, 2.45) is 16.7 Å². The van der Waals surface area contributed by atoms with Crippen molar-refractivity contribution in [3.8, 4) is 0 Å². The van der Waals surface area contributed by atoms with E-state index in [0.29, 0.717) is 6.42 Å². The summed E-state index contributed by atoms with van der Waals surface area (Å²) in [7, 11) is 0. The van der Waals surface area contributed by atoms with E-state index in [1.54, 1.807) is 13.0 Å². The fourth-order valence-corrected chi connectivity index (χ4v) is 5.25. The molecule has 0 fully saturated rings. The molecule has 5 atom stereocenters. The fourth-order valence-electron chi connectivity index (χ4n) is 5.25. The van der Waals surface area contributed by atoms with Crippen LogP contribution in [0.2, 0.25) is 0 Å². The van der Waals surface area contributed by atoms with Gasteiger partial charge in [0, 0.05) is 19.8 Å². The Bertz CT molecular complexity index is 702. The summed E-state index contributed by atoms with van der Waals surface area (Å²) in [4.78, 5) is 23.9. The molecule has 0 saturated heterocycles. The lowest BCUT2D eigenvalue weighted by Gasteiger charge is -2.54. The number of esters is 2. The number of rotatable bonds is 6. The van der Waals surface area contributed by atoms with Gasteiger partial charge in [0.1, 0.15) is 6.10 Å². The van der Waals surface area contributed by atoms with Crippen LogP contribution < -0.4 is 0 Å². The van der Waals surface area contributed by atoms with Crippen LogP contribution in [0.5, 0.6) is 0 Å². The van der Waals surface area contributed by atoms with E-state index >= 15 is 0 Å². The van der Waals surface area contributed by atoms with E-state index in [2.05, 4.69) is 34.3 Å². The molecule has 2 aliphatic rings. The first-order chi connectivity index (χ1) is 13.2. The molecule has 5 heteroatoms. The second kappa shape index (κ2) is 8.25. The van der Waals surface area contributed by atoms with Crippen molar-refractivity contribution in [2.75, 3.05) is 0 Å². The predicted molar refractivity (Wildman–Crippen MR) is 113 cm³/mol. The van der Waals surface area contributed by atoms with Crippen LogP contribution in [0.15, 0.2) is 23.8 Å². The minimum absolute atomic E-state index is 0.0657. The lowest BCUT2D eigenvalue weighted by atomic mass is 9.53. The third-order valence-electron chi connectivity index (χ3n) is 7.24. The molecular weight excluding hydrogens is 368 g/mol. The molecule has 29 heavy (non-hydrogen) atoms. The van der Waals surface area contributed by atoms with Crippen LogP contribution in [-0.4, -0.2) is 34.9 Å². The minimum atomic E-state index is -0.961. The summed E-state index contributed by atoms with van der Waals surface area (Å²) in [6.07, 6.45) is 4.74. The molecule has 0 heterocycles. The van der Waals surface area contributed by atoms with Crippen molar-refractivity contribution >= 4 is 11.9 Å². The molecule has 1 N–H and O–H groups in total. The van der Waals surface area contributed by atoms with Crippen LogP contribution in [0.1, 0.15) is 80.6 Å². The van der Waals surface area contributed by atoms with Gasteiger partial charge in [0.15, 0.2) is 6.10 Å². The third-order valence-corrected chi connectivity index (χ3v) is 7.24. The fraction of sp³-hybridized carbons (Fsp3) is 0.750. The zero-order chi connectivity index (χ0) is 22.2. The average molecular weight is 407 g/mol. The van der Waals surface area contributed by atoms with Crippen molar-refractivity contribution in [3.05, 3.63) is 23.8 Å². The largest absolute Gasteiger partial charge is 0.458 e. The van der Waals surface area contributed by atoms with Crippen LogP contribution in [-0.2, 0) is 19.1 Å². The maximum atomic E-state index is 12.0. The van der Waals surface area contributed by atoms with E-state index < -0.39 is 17.8 Å². The van der Waals surface area contributed by atoms with Crippen molar-refractivity contribution in [2.45, 2.75) is 98.4 Å². The summed E-state index contributed by atoms with van der Waals surface area (Å²) >= 11 is 0. The highest BCUT2D eigenvalue weighted by Gasteiger charge is 2.55. The number of carbonyl (C=O) groups excluding carboxylic acids is 2. The first-order valence-electron chi connectivity index (χ1n) is 10.7. The van der Waals surface area contributed by atoms with Gasteiger partial charge in [-0.05, 0) is 55.4 Å². The highest BCUT2D eigenvalue weighted by molar-refractivity contribution is 5.68. The van der Waals surface area contributed by atoms with E-state index in [0.717, 1.165) is 31.3 Å². The van der Waals surface area contributed by atoms with Gasteiger partial charge in [0.25, 0.3) is 0 Å². The molecule has 0 radical (unpaired) electrons. The van der Waals surface area contributed by atoms with Gasteiger partial charge in [0.2, 0.25) is 0 Å². The standard InChI is InChI=1S/C24H38O5/c1-9-23(7,27)13-14-24(8)15(2)20(28-16(3)25)21(29-17(4)26)19-18(24)11-10-12-22(19,5)6/h9,15,20-21,27H,1,10-14H2,2-8H3. The van der Waals surface area contributed by atoms with Crippen LogP contribution in [0.4, 0.5) is 0 Å². The van der Waals surface area contributed by atoms with E-state index in [-0.39, 0.29) is 28.7 Å². The second-order valence-electron chi connectivity index (χ2n) is 10.0. The molecule has 0 aromatic heterocycles. The van der Waals surface area contributed by atoms with Crippen LogP contribution >= 0.6 is 0 Å². The Balaban J connectivity index is 2.64. The molecule has 0 aliphatic heterocycles. The number of allylic oxidation sites excluding steroid dienone is 1. The monoisotopic (exact) mass is 406 g/mol. The van der Waals surface area contributed by atoms with E-state index in [4.69, 9.17) is 9.47 Å². The van der Waals surface area contributed by atoms with Gasteiger partial charge in [-0.25, -0.2) is 0 Å². The molecule has 5 unspecified atom stereocenters. The summed E-state index contributed by atoms with van der Waals surface area (Å²) < 4.78 is 11.6. The van der Waals surface area contributed by atoms with Crippen molar-refractivity contribution in [1.82, 2.24) is 0 Å². The van der Waals surface area contributed by atoms with Gasteiger partial charge in [0.05, 0.1) is 5.60 Å². The zero-order valence-electron chi connectivity index (χ0n) is 19.1. The number of hydrogen-bond acceptors (Lipinski definition) is 5. The Morgan fingerprint density at radius 1 is 1.24 bits per heavy atom. The van der Waals surface area contributed by atoms with Crippen molar-refractivity contribution in [1.29, 1.82) is 0 Å². The summed E-state index contributed by atoms with van der Waals surface area (Å²) in [6, 6.07) is 0. The minimum Gasteiger partial charge on any atom is -0.458 e.